The normalized spacial score (nSPS) is 23.4. The lowest BCUT2D eigenvalue weighted by atomic mass is 9.77. The van der Waals surface area contributed by atoms with Crippen LogP contribution >= 0.6 is 34.5 Å². The van der Waals surface area contributed by atoms with Crippen LogP contribution < -0.4 is 14.9 Å². The summed E-state index contributed by atoms with van der Waals surface area (Å²) >= 11 is 14.6. The van der Waals surface area contributed by atoms with E-state index >= 15 is 0 Å². The molecule has 4 aromatic rings. The summed E-state index contributed by atoms with van der Waals surface area (Å²) < 4.78 is 35.4. The summed E-state index contributed by atoms with van der Waals surface area (Å²) in [5.74, 6) is 0.720. The Hall–Kier alpha value is -2.74. The third-order valence-corrected chi connectivity index (χ3v) is 12.6. The van der Waals surface area contributed by atoms with Gasteiger partial charge in [-0.1, -0.05) is 45.8 Å². The Labute approximate surface area is 275 Å². The van der Waals surface area contributed by atoms with Gasteiger partial charge in [0.15, 0.2) is 5.13 Å². The Kier molecular flexibility index (Phi) is 7.58. The van der Waals surface area contributed by atoms with Crippen LogP contribution in [0.5, 0.6) is 0 Å². The van der Waals surface area contributed by atoms with E-state index in [1.54, 1.807) is 29.5 Å². The molecule has 9 rings (SSSR count). The number of aromatic nitrogens is 2. The first-order chi connectivity index (χ1) is 21.7. The molecule has 2 atom stereocenters. The van der Waals surface area contributed by atoms with Crippen molar-refractivity contribution >= 4 is 66.0 Å². The maximum absolute atomic E-state index is 12.8. The number of piperidine rings is 1. The zero-order chi connectivity index (χ0) is 30.9. The molecule has 2 aromatic carbocycles. The van der Waals surface area contributed by atoms with Gasteiger partial charge in [-0.05, 0) is 75.3 Å². The molecule has 2 unspecified atom stereocenters. The third kappa shape index (κ3) is 5.53. The minimum absolute atomic E-state index is 0.310. The number of hydrogen-bond donors (Lipinski definition) is 2. The van der Waals surface area contributed by atoms with Gasteiger partial charge in [-0.2, -0.15) is 12.7 Å². The predicted octanol–water partition coefficient (Wildman–Crippen LogP) is 6.11. The van der Waals surface area contributed by atoms with Crippen molar-refractivity contribution in [3.05, 3.63) is 63.3 Å². The highest BCUT2D eigenvalue weighted by Gasteiger charge is 2.46. The van der Waals surface area contributed by atoms with Crippen LogP contribution in [0.1, 0.15) is 72.5 Å². The molecular weight excluding hydrogens is 655 g/mol. The van der Waals surface area contributed by atoms with Crippen LogP contribution in [0.25, 0.3) is 21.5 Å². The first-order valence-corrected chi connectivity index (χ1v) is 18.4. The molecule has 0 spiro atoms. The van der Waals surface area contributed by atoms with Crippen LogP contribution in [0.4, 0.5) is 5.13 Å². The van der Waals surface area contributed by atoms with Crippen molar-refractivity contribution in [3.63, 3.8) is 0 Å². The molecule has 3 saturated heterocycles. The van der Waals surface area contributed by atoms with E-state index in [1.165, 1.54) is 4.31 Å². The zero-order valence-corrected chi connectivity index (χ0v) is 27.5. The summed E-state index contributed by atoms with van der Waals surface area (Å²) in [6.07, 6.45) is 6.92. The second-order valence-corrected chi connectivity index (χ2v) is 16.0. The Morgan fingerprint density at radius 2 is 1.78 bits per heavy atom. The molecule has 45 heavy (non-hydrogen) atoms. The number of thiazole rings is 1. The van der Waals surface area contributed by atoms with Crippen LogP contribution in [-0.2, 0) is 16.8 Å². The molecule has 236 valence electrons. The monoisotopic (exact) mass is 686 g/mol. The van der Waals surface area contributed by atoms with Gasteiger partial charge in [-0.25, -0.2) is 9.71 Å². The van der Waals surface area contributed by atoms with Gasteiger partial charge < -0.3 is 14.7 Å². The highest BCUT2D eigenvalue weighted by atomic mass is 35.5. The maximum Gasteiger partial charge on any atom is 0.304 e. The van der Waals surface area contributed by atoms with Gasteiger partial charge in [0.05, 0.1) is 20.3 Å². The molecule has 1 amide bonds. The van der Waals surface area contributed by atoms with Crippen molar-refractivity contribution in [2.75, 3.05) is 18.0 Å². The Morgan fingerprint density at radius 3 is 2.49 bits per heavy atom. The molecule has 14 heteroatoms. The van der Waals surface area contributed by atoms with E-state index in [1.807, 2.05) is 18.2 Å². The smallest absolute Gasteiger partial charge is 0.304 e. The number of fused-ring (bicyclic) bond motifs is 3. The van der Waals surface area contributed by atoms with Crippen molar-refractivity contribution in [3.8, 4) is 11.3 Å². The number of hydrogen-bond acceptors (Lipinski definition) is 9. The van der Waals surface area contributed by atoms with E-state index in [4.69, 9.17) is 32.7 Å². The quantitative estimate of drug-likeness (QED) is 0.217. The minimum Gasteiger partial charge on any atom is -0.360 e. The molecule has 5 heterocycles. The Morgan fingerprint density at radius 1 is 1.04 bits per heavy atom. The number of halogens is 2. The van der Waals surface area contributed by atoms with Crippen LogP contribution in [0.2, 0.25) is 10.0 Å². The summed E-state index contributed by atoms with van der Waals surface area (Å²) in [5, 5.41) is 10.3. The van der Waals surface area contributed by atoms with Crippen molar-refractivity contribution in [1.29, 1.82) is 0 Å². The number of anilines is 1. The van der Waals surface area contributed by atoms with Gasteiger partial charge in [-0.15, -0.1) is 0 Å². The summed E-state index contributed by atoms with van der Waals surface area (Å²) in [5.41, 5.74) is 3.60. The standard InChI is InChI=1S/C31H32Cl2N6O4S2/c32-23-4-3-5-24(33)27(23)28-22(29(43-36-28)17-6-7-17)16-34-19-13-20-15-21(14-19)39(20)31-35-25-9-8-18(12-26(25)44-31)30(40)37-45(41,42)38-10-1-2-11-38/h3-5,8-9,12,17,19-21,34H,1-2,6-7,10-11,13-16H2,(H,37,40). The van der Waals surface area contributed by atoms with Crippen LogP contribution in [0.15, 0.2) is 40.9 Å². The Bertz CT molecular complexity index is 1870. The van der Waals surface area contributed by atoms with Gasteiger partial charge in [-0.3, -0.25) is 4.79 Å². The molecule has 2 saturated carbocycles. The van der Waals surface area contributed by atoms with Crippen molar-refractivity contribution in [2.45, 2.75) is 75.5 Å². The summed E-state index contributed by atoms with van der Waals surface area (Å²) in [6, 6.07) is 11.7. The van der Waals surface area contributed by atoms with E-state index < -0.39 is 16.1 Å². The lowest BCUT2D eigenvalue weighted by molar-refractivity contribution is 0.0979. The van der Waals surface area contributed by atoms with E-state index in [-0.39, 0.29) is 0 Å². The summed E-state index contributed by atoms with van der Waals surface area (Å²) in [6.45, 7) is 1.51. The molecule has 0 radical (unpaired) electrons. The Balaban J connectivity index is 0.943. The van der Waals surface area contributed by atoms with Crippen molar-refractivity contribution < 1.29 is 17.7 Å². The lowest BCUT2D eigenvalue weighted by Crippen LogP contribution is -2.64. The molecule has 2 aliphatic carbocycles. The summed E-state index contributed by atoms with van der Waals surface area (Å²) in [4.78, 5) is 20.1. The number of rotatable bonds is 9. The van der Waals surface area contributed by atoms with E-state index in [0.717, 1.165) is 82.9 Å². The molecule has 3 aliphatic heterocycles. The molecule has 2 N–H and O–H groups in total. The molecule has 2 aromatic heterocycles. The molecule has 5 fully saturated rings. The van der Waals surface area contributed by atoms with Crippen LogP contribution in [0, 0.1) is 0 Å². The maximum atomic E-state index is 12.8. The second-order valence-electron chi connectivity index (χ2n) is 12.5. The topological polar surface area (TPSA) is 121 Å². The number of amides is 1. The molecule has 10 nitrogen and oxygen atoms in total. The highest BCUT2D eigenvalue weighted by molar-refractivity contribution is 7.87. The fraction of sp³-hybridized carbons (Fsp3) is 0.452. The van der Waals surface area contributed by atoms with E-state index in [9.17, 15) is 13.2 Å². The zero-order valence-electron chi connectivity index (χ0n) is 24.3. The van der Waals surface area contributed by atoms with E-state index in [2.05, 4.69) is 20.1 Å². The van der Waals surface area contributed by atoms with Crippen LogP contribution in [0.3, 0.4) is 0 Å². The van der Waals surface area contributed by atoms with Crippen molar-refractivity contribution in [2.24, 2.45) is 0 Å². The van der Waals surface area contributed by atoms with Crippen molar-refractivity contribution in [1.82, 2.24) is 24.5 Å². The number of carbonyl (C=O) groups is 1. The SMILES string of the molecule is O=C(NS(=O)(=O)N1CCCC1)c1ccc2nc(N3C4CC(NCc5c(-c6c(Cl)cccc6Cl)noc5C5CC5)CC3C4)sc2c1. The fourth-order valence-corrected chi connectivity index (χ4v) is 9.96. The van der Waals surface area contributed by atoms with Crippen LogP contribution in [-0.4, -0.2) is 60.0 Å². The summed E-state index contributed by atoms with van der Waals surface area (Å²) in [7, 11) is -3.84. The van der Waals surface area contributed by atoms with Gasteiger partial charge >= 0.3 is 10.2 Å². The third-order valence-electron chi connectivity index (χ3n) is 9.46. The minimum atomic E-state index is -3.84. The molecular formula is C31H32Cl2N6O4S2. The number of nitrogens with zero attached hydrogens (tertiary/aromatic N) is 4. The predicted molar refractivity (Wildman–Crippen MR) is 175 cm³/mol. The first-order valence-electron chi connectivity index (χ1n) is 15.4. The van der Waals surface area contributed by atoms with Gasteiger partial charge in [0.2, 0.25) is 0 Å². The van der Waals surface area contributed by atoms with E-state index in [0.29, 0.717) is 59.3 Å². The largest absolute Gasteiger partial charge is 0.360 e. The van der Waals surface area contributed by atoms with Gasteiger partial charge in [0.1, 0.15) is 11.5 Å². The van der Waals surface area contributed by atoms with Gasteiger partial charge in [0, 0.05) is 60.4 Å². The first kappa shape index (κ1) is 29.6. The number of benzene rings is 2. The second kappa shape index (κ2) is 11.5. The highest BCUT2D eigenvalue weighted by Crippen LogP contribution is 2.47. The average molecular weight is 688 g/mol. The van der Waals surface area contributed by atoms with Gasteiger partial charge in [0.25, 0.3) is 5.91 Å². The average Bonchev–Trinajstić information content (AvgIpc) is 3.37. The molecule has 2 bridgehead atoms. The number of nitrogens with one attached hydrogen (secondary N) is 2. The number of carbonyl (C=O) groups excluding carboxylic acids is 1. The molecule has 5 aliphatic rings. The lowest BCUT2D eigenvalue weighted by Gasteiger charge is -2.55. The fourth-order valence-electron chi connectivity index (χ4n) is 7.01.